The van der Waals surface area contributed by atoms with Gasteiger partial charge in [0, 0.05) is 7.05 Å². The Morgan fingerprint density at radius 2 is 1.68 bits per heavy atom. The maximum absolute atomic E-state index is 12.1. The number of rotatable bonds is 7. The number of hydrogen-bond donors (Lipinski definition) is 1. The summed E-state index contributed by atoms with van der Waals surface area (Å²) in [5, 5.41) is 3.30. The molecule has 0 bridgehead atoms. The SMILES string of the molecule is CN(CC(=O)Nc1c(Cl)cccc1Cl)C(=O)CCOc1ccccc1. The van der Waals surface area contributed by atoms with E-state index in [0.29, 0.717) is 21.5 Å². The van der Waals surface area contributed by atoms with Crippen LogP contribution in [0.1, 0.15) is 6.42 Å². The number of benzene rings is 2. The molecule has 0 aliphatic carbocycles. The van der Waals surface area contributed by atoms with Gasteiger partial charge in [-0.05, 0) is 24.3 Å². The van der Waals surface area contributed by atoms with Crippen LogP contribution in [0, 0.1) is 0 Å². The largest absolute Gasteiger partial charge is 0.493 e. The summed E-state index contributed by atoms with van der Waals surface area (Å²) in [6.07, 6.45) is 0.172. The highest BCUT2D eigenvalue weighted by Gasteiger charge is 2.15. The van der Waals surface area contributed by atoms with Gasteiger partial charge in [0.15, 0.2) is 0 Å². The second-order valence-electron chi connectivity index (χ2n) is 5.31. The highest BCUT2D eigenvalue weighted by Crippen LogP contribution is 2.29. The van der Waals surface area contributed by atoms with Gasteiger partial charge in [-0.1, -0.05) is 47.5 Å². The number of carbonyl (C=O) groups is 2. The van der Waals surface area contributed by atoms with Gasteiger partial charge in [0.1, 0.15) is 5.75 Å². The lowest BCUT2D eigenvalue weighted by molar-refractivity contribution is -0.133. The first-order valence-electron chi connectivity index (χ1n) is 7.63. The molecule has 0 saturated heterocycles. The predicted molar refractivity (Wildman–Crippen MR) is 99.3 cm³/mol. The number of anilines is 1. The first-order valence-corrected chi connectivity index (χ1v) is 8.38. The quantitative estimate of drug-likeness (QED) is 0.793. The molecular formula is C18H18Cl2N2O3. The summed E-state index contributed by atoms with van der Waals surface area (Å²) in [6, 6.07) is 14.2. The van der Waals surface area contributed by atoms with Crippen LogP contribution in [-0.4, -0.2) is 36.9 Å². The van der Waals surface area contributed by atoms with Crippen molar-refractivity contribution in [2.45, 2.75) is 6.42 Å². The molecule has 1 N–H and O–H groups in total. The number of carbonyl (C=O) groups excluding carboxylic acids is 2. The van der Waals surface area contributed by atoms with Crippen LogP contribution in [0.5, 0.6) is 5.75 Å². The van der Waals surface area contributed by atoms with Crippen molar-refractivity contribution >= 4 is 40.7 Å². The van der Waals surface area contributed by atoms with Crippen molar-refractivity contribution in [3.8, 4) is 5.75 Å². The molecule has 2 amide bonds. The van der Waals surface area contributed by atoms with E-state index in [1.807, 2.05) is 30.3 Å². The molecule has 0 aliphatic heterocycles. The maximum Gasteiger partial charge on any atom is 0.244 e. The number of nitrogens with one attached hydrogen (secondary N) is 1. The molecule has 132 valence electrons. The minimum absolute atomic E-state index is 0.105. The average Bonchev–Trinajstić information content (AvgIpc) is 2.59. The summed E-state index contributed by atoms with van der Waals surface area (Å²) < 4.78 is 5.48. The molecule has 0 aliphatic rings. The fourth-order valence-corrected chi connectivity index (χ4v) is 2.56. The van der Waals surface area contributed by atoms with Crippen LogP contribution in [0.25, 0.3) is 0 Å². The Balaban J connectivity index is 1.79. The lowest BCUT2D eigenvalue weighted by atomic mass is 10.3. The van der Waals surface area contributed by atoms with Gasteiger partial charge in [0.25, 0.3) is 0 Å². The third-order valence-corrected chi connectivity index (χ3v) is 3.99. The lowest BCUT2D eigenvalue weighted by Crippen LogP contribution is -2.35. The van der Waals surface area contributed by atoms with Crippen LogP contribution in [0.15, 0.2) is 48.5 Å². The van der Waals surface area contributed by atoms with Gasteiger partial charge in [-0.25, -0.2) is 0 Å². The molecule has 0 saturated carbocycles. The molecule has 2 aromatic rings. The first kappa shape index (κ1) is 19.1. The summed E-state index contributed by atoms with van der Waals surface area (Å²) in [4.78, 5) is 25.5. The highest BCUT2D eigenvalue weighted by atomic mass is 35.5. The fourth-order valence-electron chi connectivity index (χ4n) is 2.06. The number of likely N-dealkylation sites (N-methyl/N-ethyl adjacent to an activating group) is 1. The third kappa shape index (κ3) is 5.96. The summed E-state index contributed by atoms with van der Waals surface area (Å²) in [5.74, 6) is 0.121. The Labute approximate surface area is 156 Å². The van der Waals surface area contributed by atoms with Crippen molar-refractivity contribution in [3.63, 3.8) is 0 Å². The molecule has 7 heteroatoms. The minimum Gasteiger partial charge on any atom is -0.493 e. The summed E-state index contributed by atoms with van der Waals surface area (Å²) in [5.41, 5.74) is 0.337. The zero-order valence-electron chi connectivity index (χ0n) is 13.7. The van der Waals surface area contributed by atoms with Crippen LogP contribution in [0.2, 0.25) is 10.0 Å². The third-order valence-electron chi connectivity index (χ3n) is 3.36. The smallest absolute Gasteiger partial charge is 0.244 e. The van der Waals surface area contributed by atoms with Gasteiger partial charge >= 0.3 is 0 Å². The fraction of sp³-hybridized carbons (Fsp3) is 0.222. The van der Waals surface area contributed by atoms with Crippen LogP contribution in [-0.2, 0) is 9.59 Å². The lowest BCUT2D eigenvalue weighted by Gasteiger charge is -2.17. The van der Waals surface area contributed by atoms with Gasteiger partial charge < -0.3 is 15.0 Å². The summed E-state index contributed by atoms with van der Waals surface area (Å²) >= 11 is 12.0. The normalized spacial score (nSPS) is 10.2. The topological polar surface area (TPSA) is 58.6 Å². The van der Waals surface area contributed by atoms with Gasteiger partial charge in [0.2, 0.25) is 11.8 Å². The highest BCUT2D eigenvalue weighted by molar-refractivity contribution is 6.39. The maximum atomic E-state index is 12.1. The van der Waals surface area contributed by atoms with E-state index in [2.05, 4.69) is 5.32 Å². The molecule has 0 heterocycles. The van der Waals surface area contributed by atoms with Crippen LogP contribution in [0.3, 0.4) is 0 Å². The van der Waals surface area contributed by atoms with Crippen molar-refractivity contribution in [2.24, 2.45) is 0 Å². The van der Waals surface area contributed by atoms with E-state index < -0.39 is 0 Å². The molecule has 2 rings (SSSR count). The number of halogens is 2. The van der Waals surface area contributed by atoms with Crippen molar-refractivity contribution in [1.82, 2.24) is 4.90 Å². The standard InChI is InChI=1S/C18H18Cl2N2O3/c1-22(17(24)10-11-25-13-6-3-2-4-7-13)12-16(23)21-18-14(19)8-5-9-15(18)20/h2-9H,10-12H2,1H3,(H,21,23). The van der Waals surface area contributed by atoms with Crippen LogP contribution in [0.4, 0.5) is 5.69 Å². The van der Waals surface area contributed by atoms with Crippen LogP contribution < -0.4 is 10.1 Å². The molecule has 5 nitrogen and oxygen atoms in total. The average molecular weight is 381 g/mol. The molecule has 0 unspecified atom stereocenters. The van der Waals surface area contributed by atoms with Gasteiger partial charge in [-0.3, -0.25) is 9.59 Å². The van der Waals surface area contributed by atoms with E-state index in [9.17, 15) is 9.59 Å². The van der Waals surface area contributed by atoms with Crippen molar-refractivity contribution in [3.05, 3.63) is 58.6 Å². The van der Waals surface area contributed by atoms with E-state index in [-0.39, 0.29) is 31.4 Å². The first-order chi connectivity index (χ1) is 12.0. The van der Waals surface area contributed by atoms with Crippen molar-refractivity contribution in [2.75, 3.05) is 25.5 Å². The Morgan fingerprint density at radius 1 is 1.04 bits per heavy atom. The van der Waals surface area contributed by atoms with Gasteiger partial charge in [-0.2, -0.15) is 0 Å². The van der Waals surface area contributed by atoms with E-state index in [4.69, 9.17) is 27.9 Å². The Kier molecular flexibility index (Phi) is 7.10. The molecule has 0 radical (unpaired) electrons. The van der Waals surface area contributed by atoms with Crippen molar-refractivity contribution < 1.29 is 14.3 Å². The number of hydrogen-bond acceptors (Lipinski definition) is 3. The molecule has 0 atom stereocenters. The van der Waals surface area contributed by atoms with Crippen LogP contribution >= 0.6 is 23.2 Å². The van der Waals surface area contributed by atoms with E-state index in [1.165, 1.54) is 4.90 Å². The van der Waals surface area contributed by atoms with Crippen molar-refractivity contribution in [1.29, 1.82) is 0 Å². The van der Waals surface area contributed by atoms with E-state index in [0.717, 1.165) is 0 Å². The number of ether oxygens (including phenoxy) is 1. The second-order valence-corrected chi connectivity index (χ2v) is 6.12. The molecule has 2 aromatic carbocycles. The Morgan fingerprint density at radius 3 is 2.32 bits per heavy atom. The predicted octanol–water partition coefficient (Wildman–Crippen LogP) is 3.86. The Hall–Kier alpha value is -2.24. The zero-order chi connectivity index (χ0) is 18.2. The number of amides is 2. The Bertz CT molecular complexity index is 718. The number of nitrogens with zero attached hydrogens (tertiary/aromatic N) is 1. The van der Waals surface area contributed by atoms with E-state index >= 15 is 0 Å². The molecule has 0 aromatic heterocycles. The second kappa shape index (κ2) is 9.30. The van der Waals surface area contributed by atoms with E-state index in [1.54, 1.807) is 25.2 Å². The van der Waals surface area contributed by atoms with Gasteiger partial charge in [0.05, 0.1) is 35.3 Å². The monoisotopic (exact) mass is 380 g/mol. The van der Waals surface area contributed by atoms with Gasteiger partial charge in [-0.15, -0.1) is 0 Å². The minimum atomic E-state index is -0.380. The number of para-hydroxylation sites is 2. The molecule has 0 spiro atoms. The molecule has 0 fully saturated rings. The summed E-state index contributed by atoms with van der Waals surface area (Å²) in [6.45, 7) is 0.136. The molecule has 25 heavy (non-hydrogen) atoms. The summed E-state index contributed by atoms with van der Waals surface area (Å²) in [7, 11) is 1.55. The molecular weight excluding hydrogens is 363 g/mol. The zero-order valence-corrected chi connectivity index (χ0v) is 15.2.